The molecule has 0 aromatic rings. The molecule has 0 aromatic carbocycles. The van der Waals surface area contributed by atoms with Gasteiger partial charge in [-0.3, -0.25) is 9.69 Å². The van der Waals surface area contributed by atoms with E-state index < -0.39 is 6.30 Å². The molecule has 0 saturated carbocycles. The van der Waals surface area contributed by atoms with Crippen molar-refractivity contribution in [3.63, 3.8) is 0 Å². The molecule has 13 heavy (non-hydrogen) atoms. The van der Waals surface area contributed by atoms with Crippen LogP contribution in [-0.4, -0.2) is 36.4 Å². The van der Waals surface area contributed by atoms with E-state index in [9.17, 15) is 9.18 Å². The number of halogens is 1. The molecule has 0 N–H and O–H groups in total. The van der Waals surface area contributed by atoms with Crippen LogP contribution >= 0.6 is 0 Å². The molecule has 76 valence electrons. The van der Waals surface area contributed by atoms with Crippen molar-refractivity contribution in [3.05, 3.63) is 0 Å². The van der Waals surface area contributed by atoms with E-state index in [-0.39, 0.29) is 12.1 Å². The Kier molecular flexibility index (Phi) is 3.66. The van der Waals surface area contributed by atoms with Gasteiger partial charge >= 0.3 is 5.97 Å². The summed E-state index contributed by atoms with van der Waals surface area (Å²) in [5, 5.41) is 0. The number of likely N-dealkylation sites (tertiary alicyclic amines) is 1. The van der Waals surface area contributed by atoms with Crippen LogP contribution in [0.25, 0.3) is 0 Å². The SMILES string of the molecule is CC(=O)OC1CCN(C(C)F)CC1. The first kappa shape index (κ1) is 10.4. The summed E-state index contributed by atoms with van der Waals surface area (Å²) in [5.74, 6) is -0.244. The minimum atomic E-state index is -0.890. The molecule has 0 amide bonds. The minimum Gasteiger partial charge on any atom is -0.462 e. The second kappa shape index (κ2) is 4.56. The molecule has 4 heteroatoms. The fraction of sp³-hybridized carbons (Fsp3) is 0.889. The Morgan fingerprint density at radius 3 is 2.46 bits per heavy atom. The van der Waals surface area contributed by atoms with Crippen molar-refractivity contribution < 1.29 is 13.9 Å². The van der Waals surface area contributed by atoms with E-state index in [1.807, 2.05) is 0 Å². The summed E-state index contributed by atoms with van der Waals surface area (Å²) >= 11 is 0. The number of carbonyl (C=O) groups excluding carboxylic acids is 1. The third kappa shape index (κ3) is 3.30. The molecule has 1 atom stereocenters. The molecular weight excluding hydrogens is 173 g/mol. The average Bonchev–Trinajstić information content (AvgIpc) is 2.04. The van der Waals surface area contributed by atoms with Crippen LogP contribution in [0.15, 0.2) is 0 Å². The summed E-state index contributed by atoms with van der Waals surface area (Å²) in [6.45, 7) is 4.29. The monoisotopic (exact) mass is 189 g/mol. The molecule has 1 heterocycles. The predicted molar refractivity (Wildman–Crippen MR) is 46.9 cm³/mol. The summed E-state index contributed by atoms with van der Waals surface area (Å²) in [6.07, 6.45) is 0.590. The summed E-state index contributed by atoms with van der Waals surface area (Å²) in [6, 6.07) is 0. The van der Waals surface area contributed by atoms with Gasteiger partial charge in [-0.1, -0.05) is 0 Å². The van der Waals surface area contributed by atoms with Crippen molar-refractivity contribution in [1.29, 1.82) is 0 Å². The molecule has 0 bridgehead atoms. The number of nitrogens with zero attached hydrogens (tertiary/aromatic N) is 1. The van der Waals surface area contributed by atoms with Crippen LogP contribution in [0.4, 0.5) is 4.39 Å². The highest BCUT2D eigenvalue weighted by Crippen LogP contribution is 2.16. The molecule has 0 aliphatic carbocycles. The third-order valence-corrected chi connectivity index (χ3v) is 2.31. The number of rotatable bonds is 2. The predicted octanol–water partition coefficient (Wildman–Crippen LogP) is 1.33. The van der Waals surface area contributed by atoms with Crippen LogP contribution in [0.1, 0.15) is 26.7 Å². The maximum Gasteiger partial charge on any atom is 0.302 e. The van der Waals surface area contributed by atoms with Gasteiger partial charge in [-0.15, -0.1) is 0 Å². The Bertz CT molecular complexity index is 176. The first-order valence-corrected chi connectivity index (χ1v) is 4.65. The first-order chi connectivity index (χ1) is 6.09. The lowest BCUT2D eigenvalue weighted by Crippen LogP contribution is -2.40. The molecule has 0 spiro atoms. The number of alkyl halides is 1. The van der Waals surface area contributed by atoms with Crippen molar-refractivity contribution >= 4 is 5.97 Å². The molecular formula is C9H16FNO2. The topological polar surface area (TPSA) is 29.5 Å². The molecule has 1 unspecified atom stereocenters. The smallest absolute Gasteiger partial charge is 0.302 e. The van der Waals surface area contributed by atoms with Gasteiger partial charge < -0.3 is 4.74 Å². The summed E-state index contributed by atoms with van der Waals surface area (Å²) in [5.41, 5.74) is 0. The van der Waals surface area contributed by atoms with Crippen molar-refractivity contribution in [2.45, 2.75) is 39.1 Å². The summed E-state index contributed by atoms with van der Waals surface area (Å²) in [7, 11) is 0. The largest absolute Gasteiger partial charge is 0.462 e. The summed E-state index contributed by atoms with van der Waals surface area (Å²) in [4.78, 5) is 12.4. The maximum atomic E-state index is 12.8. The van der Waals surface area contributed by atoms with Gasteiger partial charge in [-0.05, 0) is 19.8 Å². The molecule has 0 aromatic heterocycles. The van der Waals surface area contributed by atoms with Gasteiger partial charge in [0.15, 0.2) is 6.30 Å². The van der Waals surface area contributed by atoms with Crippen molar-refractivity contribution in [3.8, 4) is 0 Å². The van der Waals surface area contributed by atoms with Crippen molar-refractivity contribution in [2.75, 3.05) is 13.1 Å². The van der Waals surface area contributed by atoms with Gasteiger partial charge in [-0.2, -0.15) is 0 Å². The Morgan fingerprint density at radius 1 is 1.54 bits per heavy atom. The highest BCUT2D eigenvalue weighted by molar-refractivity contribution is 5.66. The van der Waals surface area contributed by atoms with Crippen molar-refractivity contribution in [2.24, 2.45) is 0 Å². The number of esters is 1. The van der Waals surface area contributed by atoms with Crippen LogP contribution in [0.3, 0.4) is 0 Å². The van der Waals surface area contributed by atoms with Gasteiger partial charge in [0, 0.05) is 20.0 Å². The molecule has 1 aliphatic heterocycles. The number of piperidine rings is 1. The zero-order valence-corrected chi connectivity index (χ0v) is 8.12. The highest BCUT2D eigenvalue weighted by Gasteiger charge is 2.23. The van der Waals surface area contributed by atoms with Gasteiger partial charge in [-0.25, -0.2) is 4.39 Å². The second-order valence-corrected chi connectivity index (χ2v) is 3.42. The van der Waals surface area contributed by atoms with Gasteiger partial charge in [0.25, 0.3) is 0 Å². The van der Waals surface area contributed by atoms with E-state index in [4.69, 9.17) is 4.74 Å². The first-order valence-electron chi connectivity index (χ1n) is 4.65. The van der Waals surface area contributed by atoms with Crippen molar-refractivity contribution in [1.82, 2.24) is 4.90 Å². The molecule has 3 nitrogen and oxygen atoms in total. The van der Waals surface area contributed by atoms with Gasteiger partial charge in [0.05, 0.1) is 0 Å². The zero-order chi connectivity index (χ0) is 9.84. The lowest BCUT2D eigenvalue weighted by molar-refractivity contribution is -0.149. The number of hydrogen-bond acceptors (Lipinski definition) is 3. The molecule has 1 rings (SSSR count). The Morgan fingerprint density at radius 2 is 2.08 bits per heavy atom. The zero-order valence-electron chi connectivity index (χ0n) is 8.12. The second-order valence-electron chi connectivity index (χ2n) is 3.42. The average molecular weight is 189 g/mol. The van der Waals surface area contributed by atoms with E-state index in [0.717, 1.165) is 12.8 Å². The summed E-state index contributed by atoms with van der Waals surface area (Å²) < 4.78 is 17.8. The quantitative estimate of drug-likeness (QED) is 0.485. The Balaban J connectivity index is 2.26. The van der Waals surface area contributed by atoms with Crippen LogP contribution in [0.2, 0.25) is 0 Å². The van der Waals surface area contributed by atoms with Crippen LogP contribution in [-0.2, 0) is 9.53 Å². The van der Waals surface area contributed by atoms with E-state index in [0.29, 0.717) is 13.1 Å². The van der Waals surface area contributed by atoms with E-state index >= 15 is 0 Å². The molecule has 0 radical (unpaired) electrons. The Labute approximate surface area is 77.9 Å². The highest BCUT2D eigenvalue weighted by atomic mass is 19.1. The van der Waals surface area contributed by atoms with E-state index in [1.165, 1.54) is 13.8 Å². The van der Waals surface area contributed by atoms with Crippen LogP contribution < -0.4 is 0 Å². The standard InChI is InChI=1S/C9H16FNO2/c1-7(10)11-5-3-9(4-6-11)13-8(2)12/h7,9H,3-6H2,1-2H3. The lowest BCUT2D eigenvalue weighted by atomic mass is 10.1. The third-order valence-electron chi connectivity index (χ3n) is 2.31. The maximum absolute atomic E-state index is 12.8. The van der Waals surface area contributed by atoms with Crippen LogP contribution in [0, 0.1) is 0 Å². The van der Waals surface area contributed by atoms with E-state index in [1.54, 1.807) is 4.90 Å². The number of carbonyl (C=O) groups is 1. The van der Waals surface area contributed by atoms with Gasteiger partial charge in [0.1, 0.15) is 6.10 Å². The molecule has 1 fully saturated rings. The molecule has 1 saturated heterocycles. The van der Waals surface area contributed by atoms with Crippen LogP contribution in [0.5, 0.6) is 0 Å². The normalized spacial score (nSPS) is 22.7. The molecule has 1 aliphatic rings. The van der Waals surface area contributed by atoms with Gasteiger partial charge in [0.2, 0.25) is 0 Å². The lowest BCUT2D eigenvalue weighted by Gasteiger charge is -2.32. The Hall–Kier alpha value is -0.640. The number of hydrogen-bond donors (Lipinski definition) is 0. The fourth-order valence-electron chi connectivity index (χ4n) is 1.58. The number of ether oxygens (including phenoxy) is 1. The van der Waals surface area contributed by atoms with E-state index in [2.05, 4.69) is 0 Å². The fourth-order valence-corrected chi connectivity index (χ4v) is 1.58. The minimum absolute atomic E-state index is 0.00694.